The van der Waals surface area contributed by atoms with Crippen LogP contribution in [0.3, 0.4) is 0 Å². The summed E-state index contributed by atoms with van der Waals surface area (Å²) in [6.07, 6.45) is 2.15. The number of urea groups is 1. The second-order valence-corrected chi connectivity index (χ2v) is 5.21. The van der Waals surface area contributed by atoms with Crippen molar-refractivity contribution >= 4 is 12.0 Å². The predicted molar refractivity (Wildman–Crippen MR) is 69.9 cm³/mol. The molecule has 6 nitrogen and oxygen atoms in total. The van der Waals surface area contributed by atoms with Crippen molar-refractivity contribution < 1.29 is 19.1 Å². The second-order valence-electron chi connectivity index (χ2n) is 5.21. The van der Waals surface area contributed by atoms with Crippen LogP contribution in [0.5, 0.6) is 0 Å². The van der Waals surface area contributed by atoms with Gasteiger partial charge >= 0.3 is 12.0 Å². The smallest absolute Gasteiger partial charge is 0.323 e. The molecule has 2 amide bonds. The van der Waals surface area contributed by atoms with E-state index in [2.05, 4.69) is 5.32 Å². The van der Waals surface area contributed by atoms with E-state index in [9.17, 15) is 9.59 Å². The molecular weight excluding hydrogens is 248 g/mol. The van der Waals surface area contributed by atoms with E-state index < -0.39 is 11.5 Å². The first-order valence-corrected chi connectivity index (χ1v) is 6.10. The maximum atomic E-state index is 12.0. The number of nitrogens with one attached hydrogen (secondary N) is 1. The average molecular weight is 268 g/mol. The van der Waals surface area contributed by atoms with Crippen molar-refractivity contribution in [3.05, 3.63) is 24.2 Å². The molecule has 0 atom stereocenters. The van der Waals surface area contributed by atoms with Gasteiger partial charge < -0.3 is 19.7 Å². The highest BCUT2D eigenvalue weighted by Gasteiger charge is 2.28. The van der Waals surface area contributed by atoms with Crippen LogP contribution in [0.1, 0.15) is 26.5 Å². The van der Waals surface area contributed by atoms with E-state index in [1.807, 2.05) is 6.07 Å². The summed E-state index contributed by atoms with van der Waals surface area (Å²) in [4.78, 5) is 24.0. The number of rotatable bonds is 5. The summed E-state index contributed by atoms with van der Waals surface area (Å²) in [5, 5.41) is 11.5. The van der Waals surface area contributed by atoms with Crippen LogP contribution in [0, 0.1) is 0 Å². The molecule has 106 valence electrons. The van der Waals surface area contributed by atoms with Crippen LogP contribution in [-0.4, -0.2) is 40.6 Å². The van der Waals surface area contributed by atoms with Gasteiger partial charge in [0.1, 0.15) is 12.3 Å². The first-order chi connectivity index (χ1) is 8.80. The number of nitrogens with zero attached hydrogens (tertiary/aromatic N) is 1. The summed E-state index contributed by atoms with van der Waals surface area (Å²) >= 11 is 0. The molecule has 1 aromatic rings. The average Bonchev–Trinajstić information content (AvgIpc) is 2.77. The van der Waals surface area contributed by atoms with Crippen LogP contribution in [0.15, 0.2) is 22.8 Å². The maximum Gasteiger partial charge on any atom is 0.323 e. The van der Waals surface area contributed by atoms with Gasteiger partial charge in [0.05, 0.1) is 6.26 Å². The number of carboxylic acid groups (broad SMARTS) is 1. The zero-order chi connectivity index (χ0) is 14.5. The number of furan rings is 1. The first kappa shape index (κ1) is 15.1. The fourth-order valence-electron chi connectivity index (χ4n) is 1.59. The molecule has 0 saturated heterocycles. The summed E-state index contributed by atoms with van der Waals surface area (Å²) in [5.41, 5.74) is -0.548. The van der Waals surface area contributed by atoms with E-state index >= 15 is 0 Å². The zero-order valence-electron chi connectivity index (χ0n) is 11.5. The highest BCUT2D eigenvalue weighted by Crippen LogP contribution is 2.12. The lowest BCUT2D eigenvalue weighted by Gasteiger charge is -2.34. The van der Waals surface area contributed by atoms with Gasteiger partial charge in [-0.25, -0.2) is 4.79 Å². The number of carbonyl (C=O) groups excluding carboxylic acids is 1. The first-order valence-electron chi connectivity index (χ1n) is 6.10. The van der Waals surface area contributed by atoms with Gasteiger partial charge in [-0.05, 0) is 32.9 Å². The maximum absolute atomic E-state index is 12.0. The number of carboxylic acids is 1. The summed E-state index contributed by atoms with van der Waals surface area (Å²) in [5.74, 6) is -0.253. The minimum atomic E-state index is -1.03. The van der Waals surface area contributed by atoms with Crippen LogP contribution in [0.4, 0.5) is 4.79 Å². The van der Waals surface area contributed by atoms with Crippen molar-refractivity contribution in [1.29, 1.82) is 0 Å². The molecule has 1 heterocycles. The molecule has 0 aliphatic heterocycles. The summed E-state index contributed by atoms with van der Waals surface area (Å²) in [6, 6.07) is 3.22. The third-order valence-corrected chi connectivity index (χ3v) is 2.58. The summed E-state index contributed by atoms with van der Waals surface area (Å²) in [7, 11) is 0. The van der Waals surface area contributed by atoms with Crippen LogP contribution in [0.25, 0.3) is 0 Å². The van der Waals surface area contributed by atoms with Crippen LogP contribution in [-0.2, 0) is 11.2 Å². The van der Waals surface area contributed by atoms with Crippen molar-refractivity contribution in [1.82, 2.24) is 10.2 Å². The van der Waals surface area contributed by atoms with E-state index in [1.54, 1.807) is 33.1 Å². The molecule has 1 aromatic heterocycles. The van der Waals surface area contributed by atoms with Crippen LogP contribution in [0.2, 0.25) is 0 Å². The zero-order valence-corrected chi connectivity index (χ0v) is 11.5. The molecule has 2 N–H and O–H groups in total. The van der Waals surface area contributed by atoms with Crippen molar-refractivity contribution in [2.45, 2.75) is 32.7 Å². The number of aliphatic carboxylic acids is 1. The van der Waals surface area contributed by atoms with Gasteiger partial charge in [0.25, 0.3) is 0 Å². The largest absolute Gasteiger partial charge is 0.480 e. The third kappa shape index (κ3) is 5.03. The predicted octanol–water partition coefficient (Wildman–Crippen LogP) is 1.72. The Labute approximate surface area is 112 Å². The van der Waals surface area contributed by atoms with Crippen LogP contribution < -0.4 is 5.32 Å². The highest BCUT2D eigenvalue weighted by molar-refractivity contribution is 5.80. The standard InChI is InChI=1S/C13H20N2O4/c1-13(2,3)15(9-11(16)17)12(18)14-7-6-10-5-4-8-19-10/h4-5,8H,6-7,9H2,1-3H3,(H,14,18)(H,16,17). The Morgan fingerprint density at radius 3 is 2.58 bits per heavy atom. The summed E-state index contributed by atoms with van der Waals surface area (Å²) in [6.45, 7) is 5.46. The second kappa shape index (κ2) is 6.26. The molecule has 0 fully saturated rings. The Morgan fingerprint density at radius 2 is 2.11 bits per heavy atom. The molecule has 0 radical (unpaired) electrons. The molecule has 0 aliphatic rings. The Hall–Kier alpha value is -1.98. The lowest BCUT2D eigenvalue weighted by Crippen LogP contribution is -2.52. The van der Waals surface area contributed by atoms with E-state index in [1.165, 1.54) is 4.90 Å². The SMILES string of the molecule is CC(C)(C)N(CC(=O)O)C(=O)NCCc1ccco1. The molecule has 0 unspecified atom stereocenters. The summed E-state index contributed by atoms with van der Waals surface area (Å²) < 4.78 is 5.15. The van der Waals surface area contributed by atoms with Gasteiger partial charge in [-0.3, -0.25) is 4.79 Å². The molecule has 6 heteroatoms. The monoisotopic (exact) mass is 268 g/mol. The Bertz CT molecular complexity index is 420. The van der Waals surface area contributed by atoms with Gasteiger partial charge in [0.15, 0.2) is 0 Å². The molecule has 0 aliphatic carbocycles. The molecule has 0 bridgehead atoms. The molecular formula is C13H20N2O4. The van der Waals surface area contributed by atoms with E-state index in [0.29, 0.717) is 13.0 Å². The van der Waals surface area contributed by atoms with Gasteiger partial charge in [-0.1, -0.05) is 0 Å². The molecule has 0 saturated carbocycles. The molecule has 19 heavy (non-hydrogen) atoms. The third-order valence-electron chi connectivity index (χ3n) is 2.58. The number of carbonyl (C=O) groups is 2. The Kier molecular flexibility index (Phi) is 4.97. The molecule has 0 aromatic carbocycles. The molecule has 0 spiro atoms. The van der Waals surface area contributed by atoms with Gasteiger partial charge in [-0.15, -0.1) is 0 Å². The lowest BCUT2D eigenvalue weighted by molar-refractivity contribution is -0.138. The van der Waals surface area contributed by atoms with E-state index in [0.717, 1.165) is 5.76 Å². The van der Waals surface area contributed by atoms with Crippen molar-refractivity contribution in [3.63, 3.8) is 0 Å². The lowest BCUT2D eigenvalue weighted by atomic mass is 10.1. The van der Waals surface area contributed by atoms with Gasteiger partial charge in [0.2, 0.25) is 0 Å². The quantitative estimate of drug-likeness (QED) is 0.851. The number of hydrogen-bond acceptors (Lipinski definition) is 3. The minimum absolute atomic E-state index is 0.323. The normalized spacial score (nSPS) is 11.1. The molecule has 1 rings (SSSR count). The van der Waals surface area contributed by atoms with Gasteiger partial charge in [0, 0.05) is 18.5 Å². The van der Waals surface area contributed by atoms with Gasteiger partial charge in [-0.2, -0.15) is 0 Å². The van der Waals surface area contributed by atoms with E-state index in [-0.39, 0.29) is 12.6 Å². The minimum Gasteiger partial charge on any atom is -0.480 e. The topological polar surface area (TPSA) is 82.8 Å². The fourth-order valence-corrected chi connectivity index (χ4v) is 1.59. The number of hydrogen-bond donors (Lipinski definition) is 2. The van der Waals surface area contributed by atoms with Crippen molar-refractivity contribution in [2.24, 2.45) is 0 Å². The van der Waals surface area contributed by atoms with Crippen molar-refractivity contribution in [3.8, 4) is 0 Å². The van der Waals surface area contributed by atoms with Crippen molar-refractivity contribution in [2.75, 3.05) is 13.1 Å². The number of amides is 2. The Balaban J connectivity index is 2.50. The Morgan fingerprint density at radius 1 is 1.42 bits per heavy atom. The van der Waals surface area contributed by atoms with Crippen LogP contribution >= 0.6 is 0 Å². The highest BCUT2D eigenvalue weighted by atomic mass is 16.4. The van der Waals surface area contributed by atoms with E-state index in [4.69, 9.17) is 9.52 Å². The fraction of sp³-hybridized carbons (Fsp3) is 0.538.